The van der Waals surface area contributed by atoms with E-state index in [-0.39, 0.29) is 13.0 Å². The lowest BCUT2D eigenvalue weighted by Crippen LogP contribution is -2.47. The van der Waals surface area contributed by atoms with Crippen LogP contribution in [0.2, 0.25) is 0 Å². The zero-order chi connectivity index (χ0) is 15.1. The van der Waals surface area contributed by atoms with Crippen LogP contribution >= 0.6 is 0 Å². The Morgan fingerprint density at radius 2 is 2.00 bits per heavy atom. The van der Waals surface area contributed by atoms with Crippen molar-refractivity contribution >= 4 is 12.1 Å². The summed E-state index contributed by atoms with van der Waals surface area (Å²) in [5, 5.41) is 11.3. The van der Waals surface area contributed by atoms with Gasteiger partial charge in [0.2, 0.25) is 0 Å². The molecule has 0 rings (SSSR count). The smallest absolute Gasteiger partial charge is 0.407 e. The molecular formula is C13H23NO5. The van der Waals surface area contributed by atoms with Crippen molar-refractivity contribution < 1.29 is 24.2 Å². The maximum Gasteiger partial charge on any atom is 0.407 e. The summed E-state index contributed by atoms with van der Waals surface area (Å²) >= 11 is 0. The van der Waals surface area contributed by atoms with E-state index >= 15 is 0 Å². The normalized spacial score (nSPS) is 14.3. The molecule has 0 aliphatic heterocycles. The highest BCUT2D eigenvalue weighted by atomic mass is 16.5. The molecule has 1 amide bonds. The fourth-order valence-electron chi connectivity index (χ4n) is 1.49. The summed E-state index contributed by atoms with van der Waals surface area (Å²) in [5.41, 5.74) is -0.428. The highest BCUT2D eigenvalue weighted by Gasteiger charge is 2.27. The van der Waals surface area contributed by atoms with E-state index in [1.807, 2.05) is 20.8 Å². The molecule has 110 valence electrons. The van der Waals surface area contributed by atoms with Crippen LogP contribution in [0.4, 0.5) is 4.79 Å². The first-order chi connectivity index (χ1) is 8.65. The maximum atomic E-state index is 11.4. The summed E-state index contributed by atoms with van der Waals surface area (Å²) in [6, 6.07) is -0.658. The number of carboxylic acids is 1. The predicted molar refractivity (Wildman–Crippen MR) is 71.0 cm³/mol. The van der Waals surface area contributed by atoms with Crippen molar-refractivity contribution in [3.63, 3.8) is 0 Å². The molecule has 0 fully saturated rings. The molecule has 0 saturated heterocycles. The minimum Gasteiger partial charge on any atom is -0.481 e. The molecule has 0 spiro atoms. The van der Waals surface area contributed by atoms with Gasteiger partial charge in [0.15, 0.2) is 0 Å². The minimum absolute atomic E-state index is 0.0696. The molecule has 0 radical (unpaired) electrons. The van der Waals surface area contributed by atoms with Crippen LogP contribution in [0.3, 0.4) is 0 Å². The van der Waals surface area contributed by atoms with Gasteiger partial charge < -0.3 is 19.9 Å². The van der Waals surface area contributed by atoms with Gasteiger partial charge in [-0.2, -0.15) is 0 Å². The number of hydrogen-bond acceptors (Lipinski definition) is 4. The Bertz CT molecular complexity index is 321. The van der Waals surface area contributed by atoms with Gasteiger partial charge in [0, 0.05) is 0 Å². The van der Waals surface area contributed by atoms with Crippen LogP contribution in [0.5, 0.6) is 0 Å². The number of amides is 1. The van der Waals surface area contributed by atoms with Crippen LogP contribution in [0.15, 0.2) is 12.7 Å². The zero-order valence-electron chi connectivity index (χ0n) is 11.9. The zero-order valence-corrected chi connectivity index (χ0v) is 11.9. The van der Waals surface area contributed by atoms with Gasteiger partial charge in [-0.15, -0.1) is 0 Å². The summed E-state index contributed by atoms with van der Waals surface area (Å²) in [4.78, 5) is 22.2. The molecule has 19 heavy (non-hydrogen) atoms. The van der Waals surface area contributed by atoms with E-state index in [0.717, 1.165) is 0 Å². The lowest BCUT2D eigenvalue weighted by molar-refractivity contribution is -0.139. The Morgan fingerprint density at radius 1 is 1.42 bits per heavy atom. The average molecular weight is 273 g/mol. The molecule has 0 heterocycles. The van der Waals surface area contributed by atoms with Gasteiger partial charge in [-0.3, -0.25) is 4.79 Å². The third-order valence-electron chi connectivity index (χ3n) is 2.14. The summed E-state index contributed by atoms with van der Waals surface area (Å²) in [6.07, 6.45) is 0.0595. The fourth-order valence-corrected chi connectivity index (χ4v) is 1.49. The molecule has 0 aliphatic carbocycles. The van der Waals surface area contributed by atoms with E-state index in [1.54, 1.807) is 6.92 Å². The highest BCUT2D eigenvalue weighted by Crippen LogP contribution is 2.14. The van der Waals surface area contributed by atoms with Gasteiger partial charge in [0.25, 0.3) is 0 Å². The second-order valence-corrected chi connectivity index (χ2v) is 5.17. The number of alkyl carbamates (subject to hydrolysis) is 1. The van der Waals surface area contributed by atoms with Crippen molar-refractivity contribution in [2.75, 3.05) is 6.61 Å². The molecule has 0 saturated carbocycles. The van der Waals surface area contributed by atoms with E-state index in [4.69, 9.17) is 14.6 Å². The highest BCUT2D eigenvalue weighted by molar-refractivity contribution is 5.71. The first kappa shape index (κ1) is 17.4. The second-order valence-electron chi connectivity index (χ2n) is 5.17. The standard InChI is InChI=1S/C13H23NO5/c1-6-7-18-12(17)14-10(8-11(15)16)9(2)19-13(3,4)5/h6,9-10H,1,7-8H2,2-5H3,(H,14,17)(H,15,16)/t9-,10-/m0/s1. The van der Waals surface area contributed by atoms with Crippen molar-refractivity contribution in [3.8, 4) is 0 Å². The van der Waals surface area contributed by atoms with Crippen molar-refractivity contribution in [2.24, 2.45) is 0 Å². The minimum atomic E-state index is -1.02. The van der Waals surface area contributed by atoms with E-state index in [9.17, 15) is 9.59 Å². The van der Waals surface area contributed by atoms with Crippen molar-refractivity contribution in [3.05, 3.63) is 12.7 Å². The largest absolute Gasteiger partial charge is 0.481 e. The fraction of sp³-hybridized carbons (Fsp3) is 0.692. The van der Waals surface area contributed by atoms with Crippen LogP contribution < -0.4 is 5.32 Å². The number of carbonyl (C=O) groups is 2. The van der Waals surface area contributed by atoms with E-state index in [1.165, 1.54) is 6.08 Å². The Balaban J connectivity index is 4.57. The van der Waals surface area contributed by atoms with Crippen molar-refractivity contribution in [1.29, 1.82) is 0 Å². The molecule has 0 aromatic carbocycles. The topological polar surface area (TPSA) is 84.9 Å². The van der Waals surface area contributed by atoms with Gasteiger partial charge in [0.05, 0.1) is 24.2 Å². The van der Waals surface area contributed by atoms with Crippen LogP contribution in [-0.4, -0.2) is 41.5 Å². The molecule has 0 aromatic rings. The summed E-state index contributed by atoms with van der Waals surface area (Å²) < 4.78 is 10.4. The maximum absolute atomic E-state index is 11.4. The predicted octanol–water partition coefficient (Wildman–Crippen LogP) is 1.95. The first-order valence-corrected chi connectivity index (χ1v) is 6.09. The van der Waals surface area contributed by atoms with Crippen LogP contribution in [0.25, 0.3) is 0 Å². The molecule has 0 aliphatic rings. The second kappa shape index (κ2) is 7.78. The molecule has 0 unspecified atom stereocenters. The number of aliphatic carboxylic acids is 1. The van der Waals surface area contributed by atoms with Gasteiger partial charge in [0.1, 0.15) is 6.61 Å². The third-order valence-corrected chi connectivity index (χ3v) is 2.14. The summed E-state index contributed by atoms with van der Waals surface area (Å²) in [7, 11) is 0. The van der Waals surface area contributed by atoms with Crippen molar-refractivity contribution in [2.45, 2.75) is 51.9 Å². The quantitative estimate of drug-likeness (QED) is 0.692. The lowest BCUT2D eigenvalue weighted by Gasteiger charge is -2.30. The lowest BCUT2D eigenvalue weighted by atomic mass is 10.1. The molecule has 0 aromatic heterocycles. The molecular weight excluding hydrogens is 250 g/mol. The SMILES string of the molecule is C=CCOC(=O)N[C@@H](CC(=O)O)[C@H](C)OC(C)(C)C. The van der Waals surface area contributed by atoms with Gasteiger partial charge in [-0.1, -0.05) is 12.7 Å². The Labute approximate surface area is 113 Å². The third kappa shape index (κ3) is 9.07. The Hall–Kier alpha value is -1.56. The first-order valence-electron chi connectivity index (χ1n) is 6.09. The Morgan fingerprint density at radius 3 is 2.42 bits per heavy atom. The summed E-state index contributed by atoms with van der Waals surface area (Å²) in [5.74, 6) is -1.02. The number of nitrogens with one attached hydrogen (secondary N) is 1. The number of hydrogen-bond donors (Lipinski definition) is 2. The molecule has 0 bridgehead atoms. The van der Waals surface area contributed by atoms with E-state index < -0.39 is 29.8 Å². The van der Waals surface area contributed by atoms with Gasteiger partial charge >= 0.3 is 12.1 Å². The number of carboxylic acid groups (broad SMARTS) is 1. The van der Waals surface area contributed by atoms with Crippen LogP contribution in [0, 0.1) is 0 Å². The molecule has 6 heteroatoms. The van der Waals surface area contributed by atoms with Gasteiger partial charge in [-0.05, 0) is 27.7 Å². The van der Waals surface area contributed by atoms with Crippen LogP contribution in [0.1, 0.15) is 34.1 Å². The Kier molecular flexibility index (Phi) is 7.14. The average Bonchev–Trinajstić information content (AvgIpc) is 2.22. The van der Waals surface area contributed by atoms with Crippen LogP contribution in [-0.2, 0) is 14.3 Å². The number of carbonyl (C=O) groups excluding carboxylic acids is 1. The molecule has 2 N–H and O–H groups in total. The van der Waals surface area contributed by atoms with Crippen molar-refractivity contribution in [1.82, 2.24) is 5.32 Å². The number of rotatable bonds is 7. The summed E-state index contributed by atoms with van der Waals surface area (Å²) in [6.45, 7) is 10.8. The van der Waals surface area contributed by atoms with E-state index in [0.29, 0.717) is 0 Å². The van der Waals surface area contributed by atoms with Gasteiger partial charge in [-0.25, -0.2) is 4.79 Å². The monoisotopic (exact) mass is 273 g/mol. The number of ether oxygens (including phenoxy) is 2. The molecule has 2 atom stereocenters. The van der Waals surface area contributed by atoms with E-state index in [2.05, 4.69) is 11.9 Å². The molecule has 6 nitrogen and oxygen atoms in total.